The normalized spacial score (nSPS) is 11.1. The maximum atomic E-state index is 12.8. The Balaban J connectivity index is 1.51. The fourth-order valence-electron chi connectivity index (χ4n) is 3.07. The van der Waals surface area contributed by atoms with Crippen LogP contribution in [-0.2, 0) is 0 Å². The van der Waals surface area contributed by atoms with Gasteiger partial charge in [0.05, 0.1) is 27.1 Å². The molecule has 1 N–H and O–H groups in total. The van der Waals surface area contributed by atoms with Gasteiger partial charge in [0.2, 0.25) is 0 Å². The zero-order valence-electron chi connectivity index (χ0n) is 14.2. The number of hydrogen-bond donors (Lipinski definition) is 1. The summed E-state index contributed by atoms with van der Waals surface area (Å²) < 4.78 is 2.96. The van der Waals surface area contributed by atoms with Crippen LogP contribution in [0.15, 0.2) is 78.6 Å². The third kappa shape index (κ3) is 2.86. The first-order chi connectivity index (χ1) is 13.3. The highest BCUT2D eigenvalue weighted by Gasteiger charge is 2.13. The van der Waals surface area contributed by atoms with E-state index in [0.29, 0.717) is 5.56 Å². The average molecular weight is 370 g/mol. The SMILES string of the molecule is O=C(Nc1ccccc1-c1cn2ccccc2n1)c1ccc2ncsc2c1. The molecule has 0 aliphatic carbocycles. The summed E-state index contributed by atoms with van der Waals surface area (Å²) in [4.78, 5) is 21.7. The number of nitrogens with one attached hydrogen (secondary N) is 1. The minimum Gasteiger partial charge on any atom is -0.321 e. The molecule has 3 aromatic heterocycles. The Bertz CT molecular complexity index is 1250. The summed E-state index contributed by atoms with van der Waals surface area (Å²) in [7, 11) is 0. The minimum atomic E-state index is -0.151. The third-order valence-electron chi connectivity index (χ3n) is 4.41. The number of benzene rings is 2. The number of carbonyl (C=O) groups is 1. The van der Waals surface area contributed by atoms with Crippen LogP contribution in [0.2, 0.25) is 0 Å². The first-order valence-corrected chi connectivity index (χ1v) is 9.34. The first-order valence-electron chi connectivity index (χ1n) is 8.46. The Morgan fingerprint density at radius 2 is 1.93 bits per heavy atom. The zero-order chi connectivity index (χ0) is 18.2. The molecule has 0 aliphatic rings. The lowest BCUT2D eigenvalue weighted by Gasteiger charge is -2.09. The van der Waals surface area contributed by atoms with Crippen molar-refractivity contribution >= 4 is 38.8 Å². The molecule has 0 saturated heterocycles. The third-order valence-corrected chi connectivity index (χ3v) is 5.20. The fraction of sp³-hybridized carbons (Fsp3) is 0. The van der Waals surface area contributed by atoms with Crippen LogP contribution in [-0.4, -0.2) is 20.3 Å². The lowest BCUT2D eigenvalue weighted by atomic mass is 10.1. The van der Waals surface area contributed by atoms with Crippen LogP contribution in [0, 0.1) is 0 Å². The van der Waals surface area contributed by atoms with E-state index in [1.165, 1.54) is 11.3 Å². The molecule has 130 valence electrons. The highest BCUT2D eigenvalue weighted by Crippen LogP contribution is 2.28. The topological polar surface area (TPSA) is 59.3 Å². The summed E-state index contributed by atoms with van der Waals surface area (Å²) >= 11 is 1.52. The van der Waals surface area contributed by atoms with Crippen molar-refractivity contribution in [3.05, 3.63) is 84.1 Å². The van der Waals surface area contributed by atoms with Gasteiger partial charge in [-0.15, -0.1) is 11.3 Å². The number of para-hydroxylation sites is 1. The first kappa shape index (κ1) is 15.7. The predicted molar refractivity (Wildman–Crippen MR) is 108 cm³/mol. The Kier molecular flexibility index (Phi) is 3.69. The summed E-state index contributed by atoms with van der Waals surface area (Å²) in [6.45, 7) is 0. The Hall–Kier alpha value is -3.51. The number of pyridine rings is 1. The largest absolute Gasteiger partial charge is 0.321 e. The molecule has 5 nitrogen and oxygen atoms in total. The highest BCUT2D eigenvalue weighted by molar-refractivity contribution is 7.16. The molecule has 2 aromatic carbocycles. The lowest BCUT2D eigenvalue weighted by molar-refractivity contribution is 0.102. The monoisotopic (exact) mass is 370 g/mol. The zero-order valence-corrected chi connectivity index (χ0v) is 15.0. The van der Waals surface area contributed by atoms with Crippen molar-refractivity contribution in [3.8, 4) is 11.3 Å². The van der Waals surface area contributed by atoms with Crippen molar-refractivity contribution in [1.29, 1.82) is 0 Å². The number of hydrogen-bond acceptors (Lipinski definition) is 4. The van der Waals surface area contributed by atoms with E-state index in [4.69, 9.17) is 0 Å². The van der Waals surface area contributed by atoms with Gasteiger partial charge in [0.1, 0.15) is 5.65 Å². The summed E-state index contributed by atoms with van der Waals surface area (Å²) in [6, 6.07) is 19.1. The molecular weight excluding hydrogens is 356 g/mol. The van der Waals surface area contributed by atoms with Gasteiger partial charge >= 0.3 is 0 Å². The van der Waals surface area contributed by atoms with Gasteiger partial charge < -0.3 is 9.72 Å². The number of carbonyl (C=O) groups excluding carboxylic acids is 1. The van der Waals surface area contributed by atoms with E-state index >= 15 is 0 Å². The highest BCUT2D eigenvalue weighted by atomic mass is 32.1. The van der Waals surface area contributed by atoms with Crippen LogP contribution in [0.1, 0.15) is 10.4 Å². The molecule has 6 heteroatoms. The van der Waals surface area contributed by atoms with E-state index in [0.717, 1.165) is 32.8 Å². The van der Waals surface area contributed by atoms with Gasteiger partial charge in [-0.1, -0.05) is 24.3 Å². The molecule has 0 spiro atoms. The van der Waals surface area contributed by atoms with E-state index in [2.05, 4.69) is 15.3 Å². The second kappa shape index (κ2) is 6.34. The number of rotatable bonds is 3. The number of anilines is 1. The molecule has 3 heterocycles. The van der Waals surface area contributed by atoms with Crippen molar-refractivity contribution in [3.63, 3.8) is 0 Å². The molecule has 5 rings (SSSR count). The molecule has 1 amide bonds. The summed E-state index contributed by atoms with van der Waals surface area (Å²) in [5.41, 5.74) is 6.59. The van der Waals surface area contributed by atoms with Gasteiger partial charge in [0.15, 0.2) is 0 Å². The van der Waals surface area contributed by atoms with Crippen LogP contribution >= 0.6 is 11.3 Å². The molecule has 0 radical (unpaired) electrons. The summed E-state index contributed by atoms with van der Waals surface area (Å²) in [6.07, 6.45) is 3.92. The predicted octanol–water partition coefficient (Wildman–Crippen LogP) is 4.86. The van der Waals surface area contributed by atoms with E-state index in [1.807, 2.05) is 71.4 Å². The summed E-state index contributed by atoms with van der Waals surface area (Å²) in [5, 5.41) is 3.02. The second-order valence-electron chi connectivity index (χ2n) is 6.13. The van der Waals surface area contributed by atoms with Crippen molar-refractivity contribution in [2.75, 3.05) is 5.32 Å². The van der Waals surface area contributed by atoms with Crippen molar-refractivity contribution < 1.29 is 4.79 Å². The number of nitrogens with zero attached hydrogens (tertiary/aromatic N) is 3. The second-order valence-corrected chi connectivity index (χ2v) is 7.01. The van der Waals surface area contributed by atoms with Crippen LogP contribution in [0.3, 0.4) is 0 Å². The maximum absolute atomic E-state index is 12.8. The smallest absolute Gasteiger partial charge is 0.255 e. The quantitative estimate of drug-likeness (QED) is 0.493. The molecule has 0 saturated carbocycles. The van der Waals surface area contributed by atoms with E-state index < -0.39 is 0 Å². The molecule has 0 unspecified atom stereocenters. The number of imidazole rings is 1. The van der Waals surface area contributed by atoms with Crippen molar-refractivity contribution in [1.82, 2.24) is 14.4 Å². The van der Waals surface area contributed by atoms with Gasteiger partial charge in [0, 0.05) is 23.5 Å². The van der Waals surface area contributed by atoms with Gasteiger partial charge in [-0.25, -0.2) is 9.97 Å². The lowest BCUT2D eigenvalue weighted by Crippen LogP contribution is -2.12. The molecule has 0 aliphatic heterocycles. The molecule has 0 fully saturated rings. The average Bonchev–Trinajstić information content (AvgIpc) is 3.34. The fourth-order valence-corrected chi connectivity index (χ4v) is 3.79. The Morgan fingerprint density at radius 1 is 1.04 bits per heavy atom. The standard InChI is InChI=1S/C21H14N4OS/c26-21(14-8-9-17-19(11-14)27-13-22-17)24-16-6-2-1-5-15(16)18-12-25-10-4-3-7-20(25)23-18/h1-13H,(H,24,26). The van der Waals surface area contributed by atoms with Crippen LogP contribution in [0.4, 0.5) is 5.69 Å². The summed E-state index contributed by atoms with van der Waals surface area (Å²) in [5.74, 6) is -0.151. The van der Waals surface area contributed by atoms with E-state index in [1.54, 1.807) is 11.6 Å². The number of thiazole rings is 1. The van der Waals surface area contributed by atoms with E-state index in [-0.39, 0.29) is 5.91 Å². The number of fused-ring (bicyclic) bond motifs is 2. The molecular formula is C21H14N4OS. The van der Waals surface area contributed by atoms with Crippen molar-refractivity contribution in [2.24, 2.45) is 0 Å². The van der Waals surface area contributed by atoms with Crippen LogP contribution < -0.4 is 5.32 Å². The maximum Gasteiger partial charge on any atom is 0.255 e. The Labute approximate surface area is 159 Å². The molecule has 27 heavy (non-hydrogen) atoms. The van der Waals surface area contributed by atoms with Gasteiger partial charge in [-0.2, -0.15) is 0 Å². The number of amides is 1. The van der Waals surface area contributed by atoms with E-state index in [9.17, 15) is 4.79 Å². The van der Waals surface area contributed by atoms with Crippen LogP contribution in [0.25, 0.3) is 27.1 Å². The minimum absolute atomic E-state index is 0.151. The van der Waals surface area contributed by atoms with Gasteiger partial charge in [-0.3, -0.25) is 4.79 Å². The molecule has 0 bridgehead atoms. The van der Waals surface area contributed by atoms with Crippen molar-refractivity contribution in [2.45, 2.75) is 0 Å². The van der Waals surface area contributed by atoms with Gasteiger partial charge in [0.25, 0.3) is 5.91 Å². The van der Waals surface area contributed by atoms with Gasteiger partial charge in [-0.05, 0) is 36.4 Å². The number of aromatic nitrogens is 3. The van der Waals surface area contributed by atoms with Crippen LogP contribution in [0.5, 0.6) is 0 Å². The molecule has 0 atom stereocenters. The Morgan fingerprint density at radius 3 is 2.85 bits per heavy atom. The molecule has 5 aromatic rings.